The van der Waals surface area contributed by atoms with Crippen LogP contribution in [-0.4, -0.2) is 6.04 Å². The Labute approximate surface area is 123 Å². The Balaban J connectivity index is 1.40. The van der Waals surface area contributed by atoms with Crippen molar-refractivity contribution in [2.45, 2.75) is 51.6 Å². The number of nitrogens with one attached hydrogen (secondary N) is 1. The van der Waals surface area contributed by atoms with Gasteiger partial charge in [0, 0.05) is 12.6 Å². The highest BCUT2D eigenvalue weighted by Gasteiger charge is 2.49. The SMILES string of the molecule is C[C@H](NCc1ccccc1)C1C2CC3CC(C2)CC1C3. The molecular formula is C19H27N. The summed E-state index contributed by atoms with van der Waals surface area (Å²) in [6, 6.07) is 11.5. The van der Waals surface area contributed by atoms with Crippen molar-refractivity contribution in [1.82, 2.24) is 5.32 Å². The van der Waals surface area contributed by atoms with Crippen molar-refractivity contribution < 1.29 is 0 Å². The van der Waals surface area contributed by atoms with E-state index < -0.39 is 0 Å². The lowest BCUT2D eigenvalue weighted by molar-refractivity contribution is -0.0494. The van der Waals surface area contributed by atoms with Crippen molar-refractivity contribution in [2.75, 3.05) is 0 Å². The minimum Gasteiger partial charge on any atom is -0.310 e. The number of rotatable bonds is 4. The van der Waals surface area contributed by atoms with Gasteiger partial charge >= 0.3 is 0 Å². The summed E-state index contributed by atoms with van der Waals surface area (Å²) in [5, 5.41) is 3.83. The maximum atomic E-state index is 3.83. The molecular weight excluding hydrogens is 242 g/mol. The van der Waals surface area contributed by atoms with Crippen LogP contribution >= 0.6 is 0 Å². The quantitative estimate of drug-likeness (QED) is 0.862. The third-order valence-electron chi connectivity index (χ3n) is 6.35. The molecule has 0 spiro atoms. The van der Waals surface area contributed by atoms with Gasteiger partial charge in [-0.25, -0.2) is 0 Å². The van der Waals surface area contributed by atoms with Crippen LogP contribution in [0.25, 0.3) is 0 Å². The highest BCUT2D eigenvalue weighted by Crippen LogP contribution is 2.57. The molecule has 1 heteroatoms. The van der Waals surface area contributed by atoms with Gasteiger partial charge in [-0.2, -0.15) is 0 Å². The summed E-state index contributed by atoms with van der Waals surface area (Å²) in [5.41, 5.74) is 1.42. The molecule has 4 saturated carbocycles. The average molecular weight is 269 g/mol. The normalized spacial score (nSPS) is 40.0. The minimum absolute atomic E-state index is 0.685. The number of hydrogen-bond donors (Lipinski definition) is 1. The van der Waals surface area contributed by atoms with E-state index >= 15 is 0 Å². The lowest BCUT2D eigenvalue weighted by Crippen LogP contribution is -2.51. The van der Waals surface area contributed by atoms with Gasteiger partial charge in [0.1, 0.15) is 0 Å². The van der Waals surface area contributed by atoms with Crippen LogP contribution in [0.15, 0.2) is 30.3 Å². The van der Waals surface area contributed by atoms with Crippen molar-refractivity contribution in [3.8, 4) is 0 Å². The summed E-state index contributed by atoms with van der Waals surface area (Å²) in [5.74, 6) is 5.20. The van der Waals surface area contributed by atoms with Gasteiger partial charge in [-0.15, -0.1) is 0 Å². The number of hydrogen-bond acceptors (Lipinski definition) is 1. The molecule has 0 saturated heterocycles. The first-order chi connectivity index (χ1) is 9.79. The monoisotopic (exact) mass is 269 g/mol. The molecule has 1 aromatic carbocycles. The maximum absolute atomic E-state index is 3.83. The van der Waals surface area contributed by atoms with Gasteiger partial charge in [0.25, 0.3) is 0 Å². The fourth-order valence-electron chi connectivity index (χ4n) is 5.79. The second-order valence-electron chi connectivity index (χ2n) is 7.66. The third-order valence-corrected chi connectivity index (χ3v) is 6.35. The van der Waals surface area contributed by atoms with Crippen molar-refractivity contribution in [2.24, 2.45) is 29.6 Å². The molecule has 4 aliphatic carbocycles. The Bertz CT molecular complexity index is 424. The Morgan fingerprint density at radius 3 is 2.15 bits per heavy atom. The second-order valence-corrected chi connectivity index (χ2v) is 7.66. The van der Waals surface area contributed by atoms with Gasteiger partial charge in [-0.3, -0.25) is 0 Å². The smallest absolute Gasteiger partial charge is 0.0208 e. The van der Waals surface area contributed by atoms with Crippen LogP contribution in [0.4, 0.5) is 0 Å². The first kappa shape index (κ1) is 12.9. The molecule has 20 heavy (non-hydrogen) atoms. The van der Waals surface area contributed by atoms with E-state index in [0.29, 0.717) is 6.04 Å². The van der Waals surface area contributed by atoms with Crippen LogP contribution in [0.3, 0.4) is 0 Å². The van der Waals surface area contributed by atoms with Gasteiger partial charge in [0.15, 0.2) is 0 Å². The molecule has 0 heterocycles. The molecule has 4 bridgehead atoms. The zero-order valence-corrected chi connectivity index (χ0v) is 12.6. The van der Waals surface area contributed by atoms with Crippen LogP contribution in [0.2, 0.25) is 0 Å². The van der Waals surface area contributed by atoms with E-state index in [-0.39, 0.29) is 0 Å². The van der Waals surface area contributed by atoms with Crippen molar-refractivity contribution in [3.63, 3.8) is 0 Å². The van der Waals surface area contributed by atoms with Crippen LogP contribution in [0.5, 0.6) is 0 Å². The molecule has 1 aromatic rings. The molecule has 0 aliphatic heterocycles. The summed E-state index contributed by atoms with van der Waals surface area (Å²) in [4.78, 5) is 0. The van der Waals surface area contributed by atoms with Crippen LogP contribution < -0.4 is 5.32 Å². The van der Waals surface area contributed by atoms with Crippen molar-refractivity contribution in [3.05, 3.63) is 35.9 Å². The second kappa shape index (κ2) is 5.18. The van der Waals surface area contributed by atoms with E-state index in [4.69, 9.17) is 0 Å². The fraction of sp³-hybridized carbons (Fsp3) is 0.684. The van der Waals surface area contributed by atoms with Gasteiger partial charge in [0.05, 0.1) is 0 Å². The standard InChI is InChI=1S/C19H27N/c1-13(20-12-14-5-3-2-4-6-14)19-17-8-15-7-16(10-17)11-18(19)9-15/h2-6,13,15-20H,7-12H2,1H3/t13-,15?,16?,17?,18?,19?/m0/s1. The molecule has 108 valence electrons. The van der Waals surface area contributed by atoms with Gasteiger partial charge in [-0.05, 0) is 74.2 Å². The molecule has 0 radical (unpaired) electrons. The number of benzene rings is 1. The average Bonchev–Trinajstić information content (AvgIpc) is 2.45. The summed E-state index contributed by atoms with van der Waals surface area (Å²) >= 11 is 0. The molecule has 0 unspecified atom stereocenters. The van der Waals surface area contributed by atoms with E-state index in [1.54, 1.807) is 6.42 Å². The fourth-order valence-corrected chi connectivity index (χ4v) is 5.79. The molecule has 5 rings (SSSR count). The summed E-state index contributed by atoms with van der Waals surface area (Å²) in [7, 11) is 0. The molecule has 1 atom stereocenters. The van der Waals surface area contributed by atoms with Crippen LogP contribution in [0.1, 0.15) is 44.6 Å². The van der Waals surface area contributed by atoms with Crippen LogP contribution in [0, 0.1) is 29.6 Å². The molecule has 0 amide bonds. The minimum atomic E-state index is 0.685. The predicted octanol–water partition coefficient (Wildman–Crippen LogP) is 4.24. The highest BCUT2D eigenvalue weighted by atomic mass is 14.9. The first-order valence-electron chi connectivity index (χ1n) is 8.57. The van der Waals surface area contributed by atoms with E-state index in [0.717, 1.165) is 36.1 Å². The Kier molecular flexibility index (Phi) is 3.34. The molecule has 1 N–H and O–H groups in total. The lowest BCUT2D eigenvalue weighted by atomic mass is 9.50. The Morgan fingerprint density at radius 1 is 0.950 bits per heavy atom. The first-order valence-corrected chi connectivity index (χ1v) is 8.57. The predicted molar refractivity (Wildman–Crippen MR) is 83.3 cm³/mol. The zero-order chi connectivity index (χ0) is 13.5. The topological polar surface area (TPSA) is 12.0 Å². The van der Waals surface area contributed by atoms with Crippen LogP contribution in [-0.2, 0) is 6.54 Å². The van der Waals surface area contributed by atoms with E-state index in [1.165, 1.54) is 31.2 Å². The van der Waals surface area contributed by atoms with Gasteiger partial charge < -0.3 is 5.32 Å². The van der Waals surface area contributed by atoms with Gasteiger partial charge in [-0.1, -0.05) is 30.3 Å². The molecule has 4 fully saturated rings. The Morgan fingerprint density at radius 2 is 1.55 bits per heavy atom. The summed E-state index contributed by atoms with van der Waals surface area (Å²) in [6.45, 7) is 3.47. The molecule has 0 aromatic heterocycles. The zero-order valence-electron chi connectivity index (χ0n) is 12.6. The molecule has 1 nitrogen and oxygen atoms in total. The lowest BCUT2D eigenvalue weighted by Gasteiger charge is -2.56. The van der Waals surface area contributed by atoms with E-state index in [2.05, 4.69) is 42.6 Å². The van der Waals surface area contributed by atoms with Crippen molar-refractivity contribution >= 4 is 0 Å². The summed E-state index contributed by atoms with van der Waals surface area (Å²) < 4.78 is 0. The maximum Gasteiger partial charge on any atom is 0.0208 e. The summed E-state index contributed by atoms with van der Waals surface area (Å²) in [6.07, 6.45) is 7.71. The largest absolute Gasteiger partial charge is 0.310 e. The van der Waals surface area contributed by atoms with E-state index in [9.17, 15) is 0 Å². The highest BCUT2D eigenvalue weighted by molar-refractivity contribution is 5.14. The van der Waals surface area contributed by atoms with Crippen molar-refractivity contribution in [1.29, 1.82) is 0 Å². The molecule has 4 aliphatic rings. The third kappa shape index (κ3) is 2.30. The van der Waals surface area contributed by atoms with E-state index in [1.807, 2.05) is 0 Å². The Hall–Kier alpha value is -0.820. The van der Waals surface area contributed by atoms with Gasteiger partial charge in [0.2, 0.25) is 0 Å².